The number of carbonyl (C=O) groups is 2. The first kappa shape index (κ1) is 14.5. The Kier molecular flexibility index (Phi) is 3.88. The summed E-state index contributed by atoms with van der Waals surface area (Å²) in [6.07, 6.45) is 0. The minimum absolute atomic E-state index is 0.0646. The molecule has 0 aliphatic heterocycles. The fraction of sp³-hybridized carbons (Fsp3) is 0. The van der Waals surface area contributed by atoms with Crippen molar-refractivity contribution in [3.63, 3.8) is 0 Å². The van der Waals surface area contributed by atoms with Gasteiger partial charge in [-0.05, 0) is 24.3 Å². The van der Waals surface area contributed by atoms with Crippen LogP contribution in [0.2, 0.25) is 0 Å². The number of primary amides is 1. The number of hydrogen-bond donors (Lipinski definition) is 2. The van der Waals surface area contributed by atoms with Crippen LogP contribution in [0.15, 0.2) is 65.1 Å². The Morgan fingerprint density at radius 3 is 2.17 bits per heavy atom. The second-order valence-electron chi connectivity index (χ2n) is 4.75. The van der Waals surface area contributed by atoms with Gasteiger partial charge in [-0.1, -0.05) is 36.4 Å². The first-order valence-corrected chi connectivity index (χ1v) is 6.87. The number of anilines is 1. The van der Waals surface area contributed by atoms with Crippen molar-refractivity contribution in [1.29, 1.82) is 0 Å². The van der Waals surface area contributed by atoms with E-state index in [1.165, 1.54) is 0 Å². The van der Waals surface area contributed by atoms with E-state index in [1.807, 2.05) is 18.2 Å². The van der Waals surface area contributed by atoms with Gasteiger partial charge in [0.25, 0.3) is 11.8 Å². The lowest BCUT2D eigenvalue weighted by Gasteiger charge is -2.02. The van der Waals surface area contributed by atoms with E-state index in [0.29, 0.717) is 11.1 Å². The zero-order chi connectivity index (χ0) is 16.2. The molecule has 0 saturated carbocycles. The molecule has 6 heteroatoms. The normalized spacial score (nSPS) is 10.3. The maximum absolute atomic E-state index is 12.2. The number of aromatic nitrogens is 1. The lowest BCUT2D eigenvalue weighted by Crippen LogP contribution is -2.17. The largest absolute Gasteiger partial charge is 0.419 e. The van der Waals surface area contributed by atoms with Crippen LogP contribution in [0, 0.1) is 0 Å². The van der Waals surface area contributed by atoms with E-state index in [1.54, 1.807) is 42.5 Å². The Morgan fingerprint density at radius 2 is 1.57 bits per heavy atom. The Morgan fingerprint density at radius 1 is 0.957 bits per heavy atom. The summed E-state index contributed by atoms with van der Waals surface area (Å²) >= 11 is 0. The summed E-state index contributed by atoms with van der Waals surface area (Å²) in [6.45, 7) is 0. The number of nitrogens with one attached hydrogen (secondary N) is 1. The molecule has 3 N–H and O–H groups in total. The molecule has 3 aromatic rings. The van der Waals surface area contributed by atoms with Crippen LogP contribution in [0.4, 0.5) is 5.88 Å². The van der Waals surface area contributed by atoms with Crippen molar-refractivity contribution < 1.29 is 14.0 Å². The molecule has 114 valence electrons. The number of amides is 2. The molecule has 3 rings (SSSR count). The summed E-state index contributed by atoms with van der Waals surface area (Å²) in [5, 5.41) is 2.53. The highest BCUT2D eigenvalue weighted by atomic mass is 16.4. The molecule has 0 spiro atoms. The third-order valence-electron chi connectivity index (χ3n) is 3.14. The van der Waals surface area contributed by atoms with Crippen LogP contribution >= 0.6 is 0 Å². The average molecular weight is 307 g/mol. The zero-order valence-electron chi connectivity index (χ0n) is 12.0. The molecule has 2 amide bonds. The number of nitrogens with zero attached hydrogens (tertiary/aromatic N) is 1. The number of benzene rings is 2. The Bertz CT molecular complexity index is 842. The van der Waals surface area contributed by atoms with E-state index in [9.17, 15) is 9.59 Å². The fourth-order valence-electron chi connectivity index (χ4n) is 2.04. The van der Waals surface area contributed by atoms with Crippen molar-refractivity contribution in [1.82, 2.24) is 4.98 Å². The molecule has 0 bridgehead atoms. The molecule has 0 radical (unpaired) electrons. The molecular weight excluding hydrogens is 294 g/mol. The number of oxazole rings is 1. The van der Waals surface area contributed by atoms with Crippen molar-refractivity contribution in [2.24, 2.45) is 5.73 Å². The molecule has 0 atom stereocenters. The van der Waals surface area contributed by atoms with Crippen LogP contribution in [0.3, 0.4) is 0 Å². The molecular formula is C17H13N3O3. The highest BCUT2D eigenvalue weighted by molar-refractivity contribution is 6.07. The molecule has 23 heavy (non-hydrogen) atoms. The van der Waals surface area contributed by atoms with Crippen LogP contribution in [-0.2, 0) is 0 Å². The van der Waals surface area contributed by atoms with Crippen molar-refractivity contribution in [2.75, 3.05) is 5.32 Å². The first-order chi connectivity index (χ1) is 11.1. The lowest BCUT2D eigenvalue weighted by molar-refractivity contribution is 0.0996. The van der Waals surface area contributed by atoms with E-state index >= 15 is 0 Å². The van der Waals surface area contributed by atoms with E-state index in [2.05, 4.69) is 10.3 Å². The van der Waals surface area contributed by atoms with Gasteiger partial charge < -0.3 is 10.2 Å². The van der Waals surface area contributed by atoms with Crippen molar-refractivity contribution >= 4 is 17.7 Å². The van der Waals surface area contributed by atoms with Gasteiger partial charge in [0.15, 0.2) is 5.69 Å². The number of rotatable bonds is 4. The van der Waals surface area contributed by atoms with Crippen LogP contribution in [0.1, 0.15) is 20.8 Å². The number of hydrogen-bond acceptors (Lipinski definition) is 4. The quantitative estimate of drug-likeness (QED) is 0.774. The minimum atomic E-state index is -0.778. The Balaban J connectivity index is 1.94. The molecule has 0 aliphatic carbocycles. The van der Waals surface area contributed by atoms with Gasteiger partial charge in [0.2, 0.25) is 11.8 Å². The SMILES string of the molecule is NC(=O)c1nc(-c2ccccc2)oc1NC(=O)c1ccccc1. The number of nitrogens with two attached hydrogens (primary N) is 1. The van der Waals surface area contributed by atoms with Gasteiger partial charge in [-0.25, -0.2) is 4.98 Å². The second kappa shape index (κ2) is 6.15. The summed E-state index contributed by atoms with van der Waals surface area (Å²) < 4.78 is 5.51. The predicted octanol–water partition coefficient (Wildman–Crippen LogP) is 2.69. The van der Waals surface area contributed by atoms with E-state index in [0.717, 1.165) is 0 Å². The molecule has 0 fully saturated rings. The van der Waals surface area contributed by atoms with Crippen LogP contribution in [0.5, 0.6) is 0 Å². The summed E-state index contributed by atoms with van der Waals surface area (Å²) in [5.74, 6) is -1.05. The molecule has 1 aromatic heterocycles. The van der Waals surface area contributed by atoms with Crippen molar-refractivity contribution in [3.05, 3.63) is 71.9 Å². The third-order valence-corrected chi connectivity index (χ3v) is 3.14. The summed E-state index contributed by atoms with van der Waals surface area (Å²) in [5.41, 5.74) is 6.30. The molecule has 6 nitrogen and oxygen atoms in total. The van der Waals surface area contributed by atoms with Gasteiger partial charge in [0, 0.05) is 11.1 Å². The smallest absolute Gasteiger partial charge is 0.273 e. The highest BCUT2D eigenvalue weighted by Gasteiger charge is 2.21. The Hall–Kier alpha value is -3.41. The van der Waals surface area contributed by atoms with Gasteiger partial charge in [0.05, 0.1) is 0 Å². The topological polar surface area (TPSA) is 98.2 Å². The van der Waals surface area contributed by atoms with Crippen molar-refractivity contribution in [3.8, 4) is 11.5 Å². The monoisotopic (exact) mass is 307 g/mol. The minimum Gasteiger partial charge on any atom is -0.419 e. The van der Waals surface area contributed by atoms with Gasteiger partial charge in [0.1, 0.15) is 0 Å². The molecule has 0 unspecified atom stereocenters. The Labute approximate surface area is 132 Å². The maximum Gasteiger partial charge on any atom is 0.273 e. The summed E-state index contributed by atoms with van der Waals surface area (Å²) in [4.78, 5) is 27.8. The predicted molar refractivity (Wildman–Crippen MR) is 84.9 cm³/mol. The fourth-order valence-corrected chi connectivity index (χ4v) is 2.04. The zero-order valence-corrected chi connectivity index (χ0v) is 12.0. The van der Waals surface area contributed by atoms with Gasteiger partial charge in [-0.3, -0.25) is 14.9 Å². The van der Waals surface area contributed by atoms with Gasteiger partial charge in [-0.2, -0.15) is 0 Å². The highest BCUT2D eigenvalue weighted by Crippen LogP contribution is 2.25. The summed E-state index contributed by atoms with van der Waals surface area (Å²) in [7, 11) is 0. The summed E-state index contributed by atoms with van der Waals surface area (Å²) in [6, 6.07) is 17.6. The molecule has 2 aromatic carbocycles. The third kappa shape index (κ3) is 3.11. The second-order valence-corrected chi connectivity index (χ2v) is 4.75. The van der Waals surface area contributed by atoms with Gasteiger partial charge >= 0.3 is 0 Å². The first-order valence-electron chi connectivity index (χ1n) is 6.87. The molecule has 1 heterocycles. The van der Waals surface area contributed by atoms with E-state index < -0.39 is 11.8 Å². The maximum atomic E-state index is 12.2. The van der Waals surface area contributed by atoms with E-state index in [-0.39, 0.29) is 17.5 Å². The number of carbonyl (C=O) groups excluding carboxylic acids is 2. The average Bonchev–Trinajstić information content (AvgIpc) is 3.00. The molecule has 0 saturated heterocycles. The van der Waals surface area contributed by atoms with Crippen LogP contribution in [0.25, 0.3) is 11.5 Å². The van der Waals surface area contributed by atoms with Crippen LogP contribution in [-0.4, -0.2) is 16.8 Å². The van der Waals surface area contributed by atoms with Gasteiger partial charge in [-0.15, -0.1) is 0 Å². The standard InChI is InChI=1S/C17H13N3O3/c18-14(21)13-17(20-15(22)11-7-3-1-4-8-11)23-16(19-13)12-9-5-2-6-10-12/h1-10H,(H2,18,21)(H,20,22). The molecule has 0 aliphatic rings. The van der Waals surface area contributed by atoms with Crippen LogP contribution < -0.4 is 11.1 Å². The van der Waals surface area contributed by atoms with E-state index in [4.69, 9.17) is 10.2 Å². The van der Waals surface area contributed by atoms with Crippen molar-refractivity contribution in [2.45, 2.75) is 0 Å². The lowest BCUT2D eigenvalue weighted by atomic mass is 10.2.